The molecule has 1 N–H and O–H groups in total. The Labute approximate surface area is 236 Å². The summed E-state index contributed by atoms with van der Waals surface area (Å²) in [5.41, 5.74) is 7.47. The molecule has 37 heavy (non-hydrogen) atoms. The normalized spacial score (nSPS) is 17.2. The van der Waals surface area contributed by atoms with E-state index in [9.17, 15) is 9.90 Å². The molecule has 3 aliphatic carbocycles. The molecule has 2 aromatic carbocycles. The van der Waals surface area contributed by atoms with Gasteiger partial charge < -0.3 is 10.1 Å². The van der Waals surface area contributed by atoms with Crippen LogP contribution in [0.5, 0.6) is 0 Å². The predicted octanol–water partition coefficient (Wildman–Crippen LogP) is 8.43. The number of hydrogen-bond acceptors (Lipinski definition) is 3. The molecular weight excluding hydrogens is 635 g/mol. The van der Waals surface area contributed by atoms with Crippen LogP contribution < -0.4 is 0 Å². The molecule has 3 nitrogen and oxygen atoms in total. The van der Waals surface area contributed by atoms with Crippen LogP contribution in [0, 0.1) is 31.7 Å². The number of nitrogens with zero attached hydrogens (tertiary/aromatic N) is 1. The number of carbonyl (C=O) groups is 1. The maximum Gasteiger partial charge on any atom is 0.162 e. The maximum atomic E-state index is 11.8. The molecular formula is C33H40IrNO2-. The molecule has 0 saturated heterocycles. The van der Waals surface area contributed by atoms with Crippen LogP contribution >= 0.6 is 0 Å². The summed E-state index contributed by atoms with van der Waals surface area (Å²) >= 11 is 0. The Morgan fingerprint density at radius 3 is 2.30 bits per heavy atom. The van der Waals surface area contributed by atoms with Gasteiger partial charge in [0.1, 0.15) is 0 Å². The number of ketones is 1. The molecule has 0 amide bonds. The maximum absolute atomic E-state index is 11.8. The van der Waals surface area contributed by atoms with E-state index in [2.05, 4.69) is 56.4 Å². The molecule has 2 fully saturated rings. The molecule has 3 aliphatic rings. The summed E-state index contributed by atoms with van der Waals surface area (Å²) in [5.74, 6) is 0.991. The van der Waals surface area contributed by atoms with Crippen LogP contribution in [0.2, 0.25) is 0 Å². The van der Waals surface area contributed by atoms with Crippen molar-refractivity contribution < 1.29 is 30.0 Å². The molecule has 3 aromatic rings. The van der Waals surface area contributed by atoms with E-state index in [4.69, 9.17) is 4.98 Å². The van der Waals surface area contributed by atoms with Gasteiger partial charge in [-0.05, 0) is 66.1 Å². The number of aromatic nitrogens is 1. The fourth-order valence-corrected chi connectivity index (χ4v) is 6.17. The molecule has 1 radical (unpaired) electrons. The third-order valence-corrected chi connectivity index (χ3v) is 7.96. The Morgan fingerprint density at radius 2 is 1.62 bits per heavy atom. The minimum absolute atomic E-state index is 0. The van der Waals surface area contributed by atoms with E-state index in [0.29, 0.717) is 5.76 Å². The fourth-order valence-electron chi connectivity index (χ4n) is 6.17. The molecule has 2 saturated carbocycles. The number of carbonyl (C=O) groups excluding carboxylic acids is 1. The first kappa shape index (κ1) is 29.3. The summed E-state index contributed by atoms with van der Waals surface area (Å²) in [6.45, 7) is 4.22. The average molecular weight is 675 g/mol. The van der Waals surface area contributed by atoms with Gasteiger partial charge in [-0.25, -0.2) is 0 Å². The zero-order chi connectivity index (χ0) is 24.4. The van der Waals surface area contributed by atoms with Gasteiger partial charge in [0.2, 0.25) is 0 Å². The second-order valence-corrected chi connectivity index (χ2v) is 10.7. The zero-order valence-electron chi connectivity index (χ0n) is 21.4. The van der Waals surface area contributed by atoms with Crippen molar-refractivity contribution in [3.8, 4) is 11.3 Å². The molecule has 1 heterocycles. The Hall–Kier alpha value is -2.29. The SMILES string of the molecule is C.Cc1[c-]c(-c2ncc3c4c(cccc24)CC3)cc(C)c1.O=C(C=C(O)C1CCCC1)C1CCCC1.[Ir]. The number of rotatable bonds is 4. The first-order valence-corrected chi connectivity index (χ1v) is 13.3. The Bertz CT molecular complexity index is 1240. The van der Waals surface area contributed by atoms with Gasteiger partial charge in [0.05, 0.1) is 5.76 Å². The summed E-state index contributed by atoms with van der Waals surface area (Å²) in [4.78, 5) is 16.5. The summed E-state index contributed by atoms with van der Waals surface area (Å²) in [5, 5.41) is 12.5. The Morgan fingerprint density at radius 1 is 0.973 bits per heavy atom. The Kier molecular flexibility index (Phi) is 10.3. The van der Waals surface area contributed by atoms with Crippen LogP contribution in [0.3, 0.4) is 0 Å². The topological polar surface area (TPSA) is 50.2 Å². The summed E-state index contributed by atoms with van der Waals surface area (Å²) < 4.78 is 0. The van der Waals surface area contributed by atoms with Crippen molar-refractivity contribution in [1.82, 2.24) is 4.98 Å². The van der Waals surface area contributed by atoms with E-state index in [0.717, 1.165) is 49.8 Å². The van der Waals surface area contributed by atoms with Crippen LogP contribution in [-0.2, 0) is 37.7 Å². The smallest absolute Gasteiger partial charge is 0.162 e. The molecule has 6 rings (SSSR count). The molecule has 4 heteroatoms. The van der Waals surface area contributed by atoms with Gasteiger partial charge in [0.25, 0.3) is 0 Å². The number of aliphatic hydroxyl groups is 1. The van der Waals surface area contributed by atoms with E-state index in [1.807, 2.05) is 0 Å². The Balaban J connectivity index is 0.000000203. The van der Waals surface area contributed by atoms with Crippen molar-refractivity contribution >= 4 is 16.6 Å². The predicted molar refractivity (Wildman–Crippen MR) is 149 cm³/mol. The van der Waals surface area contributed by atoms with Gasteiger partial charge in [-0.1, -0.05) is 65.2 Å². The minimum Gasteiger partial charge on any atom is -0.512 e. The number of benzene rings is 2. The number of aryl methyl sites for hydroxylation is 4. The average Bonchev–Trinajstić information content (AvgIpc) is 3.62. The minimum atomic E-state index is 0. The van der Waals surface area contributed by atoms with Gasteiger partial charge >= 0.3 is 0 Å². The third-order valence-electron chi connectivity index (χ3n) is 7.96. The van der Waals surface area contributed by atoms with Gasteiger partial charge in [0.15, 0.2) is 5.78 Å². The van der Waals surface area contributed by atoms with E-state index in [1.165, 1.54) is 64.8 Å². The second-order valence-electron chi connectivity index (χ2n) is 10.7. The van der Waals surface area contributed by atoms with Gasteiger partial charge in [-0.15, -0.1) is 34.9 Å². The van der Waals surface area contributed by atoms with E-state index in [-0.39, 0.29) is 45.2 Å². The molecule has 1 aromatic heterocycles. The van der Waals surface area contributed by atoms with Crippen molar-refractivity contribution in [2.45, 2.75) is 85.5 Å². The first-order valence-electron chi connectivity index (χ1n) is 13.3. The third kappa shape index (κ3) is 6.59. The largest absolute Gasteiger partial charge is 0.512 e. The molecule has 0 unspecified atom stereocenters. The van der Waals surface area contributed by atoms with Crippen LogP contribution in [0.1, 0.15) is 81.0 Å². The molecule has 0 aliphatic heterocycles. The molecule has 0 atom stereocenters. The van der Waals surface area contributed by atoms with E-state index >= 15 is 0 Å². The fraction of sp³-hybridized carbons (Fsp3) is 0.455. The van der Waals surface area contributed by atoms with E-state index in [1.54, 1.807) is 0 Å². The second kappa shape index (κ2) is 13.0. The standard InChI is InChI=1S/C19H16N.C13H20O2.CH4.Ir/c1-12-8-13(2)10-16(9-12)19-17-5-3-4-14-6-7-15(11-20-19)18(14)17;14-12(10-5-1-2-6-10)9-13(15)11-7-3-4-8-11;;/h3-5,8-9,11H,6-7H2,1-2H3;9-11,14H,1-8H2;1H4;/q-1;;;. The number of hydrogen-bond donors (Lipinski definition) is 1. The van der Waals surface area contributed by atoms with Crippen LogP contribution in [-0.4, -0.2) is 15.9 Å². The zero-order valence-corrected chi connectivity index (χ0v) is 23.8. The van der Waals surface area contributed by atoms with E-state index < -0.39 is 0 Å². The number of aliphatic hydroxyl groups excluding tert-OH is 1. The quantitative estimate of drug-likeness (QED) is 0.172. The van der Waals surface area contributed by atoms with Crippen LogP contribution in [0.25, 0.3) is 22.0 Å². The summed E-state index contributed by atoms with van der Waals surface area (Å²) in [6.07, 6.45) is 14.7. The van der Waals surface area contributed by atoms with Gasteiger partial charge in [0, 0.05) is 44.2 Å². The van der Waals surface area contributed by atoms with Crippen molar-refractivity contribution in [2.24, 2.45) is 11.8 Å². The number of pyridine rings is 1. The van der Waals surface area contributed by atoms with Crippen LogP contribution in [0.4, 0.5) is 0 Å². The van der Waals surface area contributed by atoms with Crippen LogP contribution in [0.15, 0.2) is 48.4 Å². The monoisotopic (exact) mass is 675 g/mol. The molecule has 199 valence electrons. The molecule has 0 bridgehead atoms. The number of allylic oxidation sites excluding steroid dienone is 2. The van der Waals surface area contributed by atoms with Gasteiger partial charge in [-0.2, -0.15) is 0 Å². The van der Waals surface area contributed by atoms with Crippen molar-refractivity contribution in [3.63, 3.8) is 0 Å². The van der Waals surface area contributed by atoms with Crippen molar-refractivity contribution in [3.05, 3.63) is 76.7 Å². The summed E-state index contributed by atoms with van der Waals surface area (Å²) in [7, 11) is 0. The van der Waals surface area contributed by atoms with Crippen molar-refractivity contribution in [2.75, 3.05) is 0 Å². The molecule has 0 spiro atoms. The van der Waals surface area contributed by atoms with Crippen molar-refractivity contribution in [1.29, 1.82) is 0 Å². The first-order chi connectivity index (χ1) is 17.0. The van der Waals surface area contributed by atoms with Gasteiger partial charge in [-0.3, -0.25) is 4.79 Å². The summed E-state index contributed by atoms with van der Waals surface area (Å²) in [6, 6.07) is 14.4.